The largest absolute Gasteiger partial charge is 0.497 e. The average Bonchev–Trinajstić information content (AvgIpc) is 3.32. The minimum absolute atomic E-state index is 0.0252. The van der Waals surface area contributed by atoms with Crippen LogP contribution in [-0.2, 0) is 4.74 Å². The molecule has 1 unspecified atom stereocenters. The third-order valence-electron chi connectivity index (χ3n) is 4.00. The summed E-state index contributed by atoms with van der Waals surface area (Å²) < 4.78 is 11.2. The smallest absolute Gasteiger partial charge is 0.255 e. The van der Waals surface area contributed by atoms with Gasteiger partial charge in [-0.05, 0) is 59.8 Å². The fourth-order valence-corrected chi connectivity index (χ4v) is 2.88. The van der Waals surface area contributed by atoms with Crippen LogP contribution in [0.3, 0.4) is 0 Å². The molecule has 1 saturated carbocycles. The van der Waals surface area contributed by atoms with Gasteiger partial charge >= 0.3 is 0 Å². The number of nitrogens with zero attached hydrogens (tertiary/aromatic N) is 1. The molecular formula is C16H22BrNO3. The Bertz CT molecular complexity index is 502. The van der Waals surface area contributed by atoms with E-state index in [0.717, 1.165) is 4.47 Å². The Morgan fingerprint density at radius 3 is 2.71 bits per heavy atom. The maximum absolute atomic E-state index is 12.9. The molecule has 0 aliphatic heterocycles. The highest BCUT2D eigenvalue weighted by molar-refractivity contribution is 9.10. The van der Waals surface area contributed by atoms with Crippen LogP contribution >= 0.6 is 15.9 Å². The van der Waals surface area contributed by atoms with Crippen LogP contribution in [0.2, 0.25) is 0 Å². The summed E-state index contributed by atoms with van der Waals surface area (Å²) in [6.07, 6.45) is 2.41. The normalized spacial score (nSPS) is 15.6. The number of halogens is 1. The van der Waals surface area contributed by atoms with E-state index in [1.54, 1.807) is 20.3 Å². The Labute approximate surface area is 134 Å². The Kier molecular flexibility index (Phi) is 5.65. The Hall–Kier alpha value is -1.07. The van der Waals surface area contributed by atoms with Gasteiger partial charge < -0.3 is 14.4 Å². The van der Waals surface area contributed by atoms with Crippen molar-refractivity contribution in [3.05, 3.63) is 28.2 Å². The van der Waals surface area contributed by atoms with E-state index in [0.29, 0.717) is 30.4 Å². The summed E-state index contributed by atoms with van der Waals surface area (Å²) in [7, 11) is 3.26. The second-order valence-electron chi connectivity index (χ2n) is 5.42. The minimum Gasteiger partial charge on any atom is -0.497 e. The van der Waals surface area contributed by atoms with Gasteiger partial charge in [0.2, 0.25) is 0 Å². The molecule has 116 valence electrons. The Balaban J connectivity index is 2.23. The Morgan fingerprint density at radius 1 is 1.43 bits per heavy atom. The van der Waals surface area contributed by atoms with Crippen LogP contribution in [-0.4, -0.2) is 44.2 Å². The maximum Gasteiger partial charge on any atom is 0.255 e. The van der Waals surface area contributed by atoms with Crippen molar-refractivity contribution >= 4 is 21.8 Å². The van der Waals surface area contributed by atoms with Gasteiger partial charge in [-0.3, -0.25) is 4.79 Å². The van der Waals surface area contributed by atoms with Crippen molar-refractivity contribution in [2.24, 2.45) is 5.92 Å². The molecule has 0 bridgehead atoms. The molecular weight excluding hydrogens is 334 g/mol. The van der Waals surface area contributed by atoms with Crippen molar-refractivity contribution in [2.75, 3.05) is 27.4 Å². The van der Waals surface area contributed by atoms with Crippen molar-refractivity contribution in [1.29, 1.82) is 0 Å². The molecule has 1 amide bonds. The van der Waals surface area contributed by atoms with Gasteiger partial charge in [-0.15, -0.1) is 0 Å². The van der Waals surface area contributed by atoms with Crippen molar-refractivity contribution in [3.63, 3.8) is 0 Å². The Morgan fingerprint density at radius 2 is 2.14 bits per heavy atom. The van der Waals surface area contributed by atoms with Crippen LogP contribution < -0.4 is 4.74 Å². The van der Waals surface area contributed by atoms with Crippen molar-refractivity contribution < 1.29 is 14.3 Å². The van der Waals surface area contributed by atoms with Crippen LogP contribution in [0, 0.1) is 5.92 Å². The summed E-state index contributed by atoms with van der Waals surface area (Å²) in [5.74, 6) is 1.33. The van der Waals surface area contributed by atoms with Crippen molar-refractivity contribution in [3.8, 4) is 5.75 Å². The van der Waals surface area contributed by atoms with E-state index in [1.807, 2.05) is 17.0 Å². The molecule has 1 aromatic carbocycles. The summed E-state index contributed by atoms with van der Waals surface area (Å²) in [6, 6.07) is 5.71. The van der Waals surface area contributed by atoms with Crippen LogP contribution in [0.25, 0.3) is 0 Å². The lowest BCUT2D eigenvalue weighted by atomic mass is 10.1. The highest BCUT2D eigenvalue weighted by Gasteiger charge is 2.34. The molecule has 1 aliphatic rings. The molecule has 1 aromatic rings. The predicted molar refractivity (Wildman–Crippen MR) is 85.8 cm³/mol. The first-order chi connectivity index (χ1) is 10.1. The topological polar surface area (TPSA) is 38.8 Å². The molecule has 21 heavy (non-hydrogen) atoms. The third kappa shape index (κ3) is 3.98. The number of ether oxygens (including phenoxy) is 2. The third-order valence-corrected chi connectivity index (χ3v) is 4.69. The number of benzene rings is 1. The average molecular weight is 356 g/mol. The lowest BCUT2D eigenvalue weighted by Crippen LogP contribution is -2.42. The van der Waals surface area contributed by atoms with Crippen molar-refractivity contribution in [1.82, 2.24) is 4.90 Å². The van der Waals surface area contributed by atoms with Gasteiger partial charge in [0.15, 0.2) is 0 Å². The monoisotopic (exact) mass is 355 g/mol. The lowest BCUT2D eigenvalue weighted by Gasteiger charge is -2.29. The molecule has 2 rings (SSSR count). The highest BCUT2D eigenvalue weighted by atomic mass is 79.9. The molecule has 0 spiro atoms. The van der Waals surface area contributed by atoms with Gasteiger partial charge in [0.05, 0.1) is 19.3 Å². The second-order valence-corrected chi connectivity index (χ2v) is 6.27. The quantitative estimate of drug-likeness (QED) is 0.752. The zero-order chi connectivity index (χ0) is 15.4. The molecule has 1 fully saturated rings. The molecule has 0 heterocycles. The molecule has 0 N–H and O–H groups in total. The highest BCUT2D eigenvalue weighted by Crippen LogP contribution is 2.36. The minimum atomic E-state index is 0.0252. The first-order valence-electron chi connectivity index (χ1n) is 7.22. The van der Waals surface area contributed by atoms with E-state index in [9.17, 15) is 4.79 Å². The van der Waals surface area contributed by atoms with Gasteiger partial charge in [0.1, 0.15) is 5.75 Å². The zero-order valence-corrected chi connectivity index (χ0v) is 14.4. The molecule has 1 aliphatic carbocycles. The number of methoxy groups -OCH3 is 2. The standard InChI is InChI=1S/C16H22BrNO3/c1-11(12-4-5-12)18(8-9-20-2)16(19)14-10-13(21-3)6-7-15(14)17/h6-7,10-12H,4-5,8-9H2,1-3H3. The first kappa shape index (κ1) is 16.3. The van der Waals surface area contributed by atoms with E-state index in [4.69, 9.17) is 9.47 Å². The van der Waals surface area contributed by atoms with Gasteiger partial charge in [-0.25, -0.2) is 0 Å². The summed E-state index contributed by atoms with van der Waals surface area (Å²) in [4.78, 5) is 14.8. The van der Waals surface area contributed by atoms with Gasteiger partial charge in [0, 0.05) is 24.2 Å². The molecule has 1 atom stereocenters. The van der Waals surface area contributed by atoms with Crippen LogP contribution in [0.1, 0.15) is 30.1 Å². The fraction of sp³-hybridized carbons (Fsp3) is 0.562. The van der Waals surface area contributed by atoms with E-state index in [1.165, 1.54) is 12.8 Å². The summed E-state index contributed by atoms with van der Waals surface area (Å²) in [6.45, 7) is 3.28. The second kappa shape index (κ2) is 7.27. The molecule has 0 radical (unpaired) electrons. The number of carbonyl (C=O) groups excluding carboxylic acids is 1. The lowest BCUT2D eigenvalue weighted by molar-refractivity contribution is 0.0593. The van der Waals surface area contributed by atoms with E-state index < -0.39 is 0 Å². The van der Waals surface area contributed by atoms with E-state index in [-0.39, 0.29) is 11.9 Å². The summed E-state index contributed by atoms with van der Waals surface area (Å²) in [5, 5.41) is 0. The van der Waals surface area contributed by atoms with Crippen LogP contribution in [0.4, 0.5) is 0 Å². The summed E-state index contributed by atoms with van der Waals surface area (Å²) >= 11 is 3.46. The van der Waals surface area contributed by atoms with Crippen LogP contribution in [0.5, 0.6) is 5.75 Å². The molecule has 5 heteroatoms. The number of rotatable bonds is 7. The predicted octanol–water partition coefficient (Wildman–Crippen LogP) is 3.34. The van der Waals surface area contributed by atoms with Crippen molar-refractivity contribution in [2.45, 2.75) is 25.8 Å². The number of carbonyl (C=O) groups is 1. The SMILES string of the molecule is COCCN(C(=O)c1cc(OC)ccc1Br)C(C)C1CC1. The van der Waals surface area contributed by atoms with Gasteiger partial charge in [0.25, 0.3) is 5.91 Å². The van der Waals surface area contributed by atoms with E-state index in [2.05, 4.69) is 22.9 Å². The van der Waals surface area contributed by atoms with Gasteiger partial charge in [-0.2, -0.15) is 0 Å². The number of hydrogen-bond donors (Lipinski definition) is 0. The van der Waals surface area contributed by atoms with Gasteiger partial charge in [-0.1, -0.05) is 0 Å². The maximum atomic E-state index is 12.9. The zero-order valence-electron chi connectivity index (χ0n) is 12.8. The summed E-state index contributed by atoms with van der Waals surface area (Å²) in [5.41, 5.74) is 0.637. The number of hydrogen-bond acceptors (Lipinski definition) is 3. The fourth-order valence-electron chi connectivity index (χ4n) is 2.46. The molecule has 0 aromatic heterocycles. The molecule has 4 nitrogen and oxygen atoms in total. The molecule has 0 saturated heterocycles. The van der Waals surface area contributed by atoms with Crippen LogP contribution in [0.15, 0.2) is 22.7 Å². The van der Waals surface area contributed by atoms with E-state index >= 15 is 0 Å². The first-order valence-corrected chi connectivity index (χ1v) is 8.01. The number of amides is 1.